The number of carboxylic acids is 2. The highest BCUT2D eigenvalue weighted by atomic mass is 32.2. The van der Waals surface area contributed by atoms with Gasteiger partial charge in [0.05, 0.1) is 30.7 Å². The van der Waals surface area contributed by atoms with Gasteiger partial charge in [-0.3, -0.25) is 86.3 Å². The minimum absolute atomic E-state index is 0.0154. The van der Waals surface area contributed by atoms with Crippen LogP contribution < -0.4 is 64.6 Å². The van der Waals surface area contributed by atoms with Crippen molar-refractivity contribution in [1.82, 2.24) is 97.6 Å². The molecule has 3 aliphatic rings. The largest absolute Gasteiger partial charge is 0.508 e. The Morgan fingerprint density at radius 2 is 1.06 bits per heavy atom. The van der Waals surface area contributed by atoms with E-state index in [1.165, 1.54) is 101 Å². The Bertz CT molecular complexity index is 5570. The first kappa shape index (κ1) is 107. The average molecular weight is 1950 g/mol. The average Bonchev–Trinajstić information content (AvgIpc) is 1.65. The van der Waals surface area contributed by atoms with Crippen LogP contribution in [0.2, 0.25) is 0 Å². The number of para-hydroxylation sites is 2. The fourth-order valence-electron chi connectivity index (χ4n) is 17.4. The molecule has 748 valence electrons. The zero-order chi connectivity index (χ0) is 101. The number of phenols is 1. The summed E-state index contributed by atoms with van der Waals surface area (Å²) in [6.45, 7) is 4.77. The maximum atomic E-state index is 15.8. The summed E-state index contributed by atoms with van der Waals surface area (Å²) in [5.74, 6) is -20.6. The molecule has 139 heavy (non-hydrogen) atoms. The van der Waals surface area contributed by atoms with Crippen LogP contribution in [0.1, 0.15) is 139 Å². The first-order valence-corrected chi connectivity index (χ1v) is 47.5. The number of thioether (sulfide) groups is 1. The van der Waals surface area contributed by atoms with Crippen LogP contribution >= 0.6 is 11.8 Å². The lowest BCUT2D eigenvalue weighted by molar-refractivity contribution is -0.149. The van der Waals surface area contributed by atoms with Crippen molar-refractivity contribution in [1.29, 1.82) is 0 Å². The first-order valence-electron chi connectivity index (χ1n) is 46.4. The SMILES string of the molecule is CCCC[C@H]1C(=O)N(C)[C@@H](CCCC)C(=O)N[C@@H](C)C(=O)N[C@H](C(=O)NCC(N)=O)CSCC(=O)N[C@@H](Cc2ccc(O)cc2)C(=O)N(C)[C@@H](C)C(=O)N[C@@H](CC(=O)O)C(=O)N2CCC[C@H]2C(=O)N[C@@H](Cc2c[nH]cn2)C(=O)N[C@@H](CCC(=O)O)C(=O)N2C[C@H](Cc3ccc(F)cc3)C[C@H]2C(=O)N[C@@H](Cc2c[nH]c3ccccc23)C(=O)N[C@@H](CCN)C(=O)N[C@@H](Cc2c[nH]c3ccccc23)C(=O)N1C. The molecule has 3 saturated heterocycles. The Labute approximate surface area is 805 Å². The molecule has 0 spiro atoms. The molecule has 4 aromatic carbocycles. The number of likely N-dealkylation sites (N-methyl/N-ethyl adjacent to an activating group) is 3. The molecule has 0 radical (unpaired) electrons. The number of rotatable bonds is 26. The summed E-state index contributed by atoms with van der Waals surface area (Å²) in [6, 6.07) is 2.92. The molecule has 44 heteroatoms. The van der Waals surface area contributed by atoms with E-state index < -0.39 is 247 Å². The van der Waals surface area contributed by atoms with Crippen molar-refractivity contribution in [3.05, 3.63) is 156 Å². The summed E-state index contributed by atoms with van der Waals surface area (Å²) in [5.41, 5.74) is 15.1. The van der Waals surface area contributed by atoms with Crippen LogP contribution in [-0.2, 0) is 118 Å². The minimum Gasteiger partial charge on any atom is -0.508 e. The summed E-state index contributed by atoms with van der Waals surface area (Å²) in [5, 5.41) is 58.4. The number of phenolic OH excluding ortho intramolecular Hbond substituents is 1. The quantitative estimate of drug-likeness (QED) is 0.0345. The fourth-order valence-corrected chi connectivity index (χ4v) is 18.2. The van der Waals surface area contributed by atoms with E-state index >= 15 is 33.6 Å². The number of aliphatic carboxylic acids is 2. The topological polar surface area (TPSA) is 617 Å². The molecule has 20 N–H and O–H groups in total. The predicted octanol–water partition coefficient (Wildman–Crippen LogP) is 0.239. The zero-order valence-corrected chi connectivity index (χ0v) is 79.3. The lowest BCUT2D eigenvalue weighted by atomic mass is 9.96. The number of imidazole rings is 1. The van der Waals surface area contributed by atoms with Crippen LogP contribution in [0.25, 0.3) is 21.8 Å². The molecule has 7 aromatic rings. The number of fused-ring (bicyclic) bond motifs is 4. The molecule has 6 heterocycles. The molecule has 0 bridgehead atoms. The number of hydrogen-bond acceptors (Lipinski definition) is 22. The molecule has 0 saturated carbocycles. The highest BCUT2D eigenvalue weighted by Gasteiger charge is 2.47. The van der Waals surface area contributed by atoms with Crippen molar-refractivity contribution >= 4 is 140 Å². The van der Waals surface area contributed by atoms with Gasteiger partial charge in [-0.2, -0.15) is 0 Å². The van der Waals surface area contributed by atoms with Crippen LogP contribution in [0, 0.1) is 11.7 Å². The Balaban J connectivity index is 1.04. The third-order valence-electron chi connectivity index (χ3n) is 25.2. The summed E-state index contributed by atoms with van der Waals surface area (Å²) in [4.78, 5) is 282. The number of aromatic nitrogens is 4. The van der Waals surface area contributed by atoms with Gasteiger partial charge in [-0.05, 0) is 136 Å². The monoisotopic (exact) mass is 1950 g/mol. The van der Waals surface area contributed by atoms with Crippen molar-refractivity contribution in [3.8, 4) is 5.75 Å². The molecule has 0 unspecified atom stereocenters. The van der Waals surface area contributed by atoms with E-state index in [1.807, 2.05) is 13.8 Å². The maximum Gasteiger partial charge on any atom is 0.305 e. The highest BCUT2D eigenvalue weighted by Crippen LogP contribution is 2.31. The van der Waals surface area contributed by atoms with E-state index in [2.05, 4.69) is 73.1 Å². The van der Waals surface area contributed by atoms with Crippen molar-refractivity contribution in [2.75, 3.05) is 58.8 Å². The Morgan fingerprint density at radius 1 is 0.525 bits per heavy atom. The first-order chi connectivity index (χ1) is 66.3. The second-order valence-electron chi connectivity index (χ2n) is 35.3. The van der Waals surface area contributed by atoms with Crippen LogP contribution in [0.4, 0.5) is 4.39 Å². The van der Waals surface area contributed by atoms with Gasteiger partial charge >= 0.3 is 11.9 Å². The minimum atomic E-state index is -1.95. The fraction of sp³-hybridized carbons (Fsp3) is 0.484. The Morgan fingerprint density at radius 3 is 1.67 bits per heavy atom. The number of aromatic hydroxyl groups is 1. The van der Waals surface area contributed by atoms with Gasteiger partial charge in [0.15, 0.2) is 0 Å². The molecule has 10 rings (SSSR count). The second kappa shape index (κ2) is 50.7. The van der Waals surface area contributed by atoms with Gasteiger partial charge in [-0.15, -0.1) is 11.8 Å². The maximum absolute atomic E-state index is 15.8. The number of amides is 16. The number of H-pyrrole nitrogens is 3. The summed E-state index contributed by atoms with van der Waals surface area (Å²) < 4.78 is 14.6. The number of halogens is 1. The summed E-state index contributed by atoms with van der Waals surface area (Å²) in [6.07, 6.45) is 3.56. The van der Waals surface area contributed by atoms with Crippen molar-refractivity contribution in [2.24, 2.45) is 17.4 Å². The Kier molecular flexibility index (Phi) is 38.9. The van der Waals surface area contributed by atoms with Gasteiger partial charge in [-0.25, -0.2) is 9.37 Å². The summed E-state index contributed by atoms with van der Waals surface area (Å²) >= 11 is 0.763. The molecule has 15 atom stereocenters. The molecule has 0 aliphatic carbocycles. The van der Waals surface area contributed by atoms with Crippen LogP contribution in [0.3, 0.4) is 0 Å². The number of benzene rings is 4. The van der Waals surface area contributed by atoms with Crippen LogP contribution in [-0.4, -0.2) is 310 Å². The predicted molar refractivity (Wildman–Crippen MR) is 506 cm³/mol. The van der Waals surface area contributed by atoms with Crippen molar-refractivity contribution in [2.45, 2.75) is 228 Å². The second-order valence-corrected chi connectivity index (χ2v) is 36.3. The number of nitrogens with zero attached hydrogens (tertiary/aromatic N) is 6. The third-order valence-corrected chi connectivity index (χ3v) is 26.2. The van der Waals surface area contributed by atoms with Crippen molar-refractivity contribution < 1.29 is 106 Å². The van der Waals surface area contributed by atoms with E-state index in [-0.39, 0.29) is 95.3 Å². The number of hydrogen-bond donors (Lipinski definition) is 18. The van der Waals surface area contributed by atoms with Crippen LogP contribution in [0.5, 0.6) is 5.75 Å². The molecule has 3 fully saturated rings. The summed E-state index contributed by atoms with van der Waals surface area (Å²) in [7, 11) is 3.91. The molecule has 16 amide bonds. The van der Waals surface area contributed by atoms with E-state index in [0.29, 0.717) is 69.7 Å². The number of carbonyl (C=O) groups excluding carboxylic acids is 16. The molecular weight excluding hydrogens is 1820 g/mol. The number of aromatic amines is 3. The lowest BCUT2D eigenvalue weighted by Gasteiger charge is -2.36. The number of nitrogens with one attached hydrogen (secondary N) is 13. The number of carbonyl (C=O) groups is 18. The number of primary amides is 1. The molecule has 3 aliphatic heterocycles. The number of nitrogens with two attached hydrogens (primary N) is 2. The van der Waals surface area contributed by atoms with E-state index in [0.717, 1.165) is 31.4 Å². The van der Waals surface area contributed by atoms with Gasteiger partial charge < -0.3 is 119 Å². The normalized spacial score (nSPS) is 24.4. The van der Waals surface area contributed by atoms with Crippen LogP contribution in [0.15, 0.2) is 122 Å². The Hall–Kier alpha value is -14.3. The molecule has 3 aromatic heterocycles. The van der Waals surface area contributed by atoms with Crippen molar-refractivity contribution in [3.63, 3.8) is 0 Å². The lowest BCUT2D eigenvalue weighted by Crippen LogP contribution is -2.61. The van der Waals surface area contributed by atoms with Gasteiger partial charge in [0.2, 0.25) is 94.5 Å². The van der Waals surface area contributed by atoms with Gasteiger partial charge in [0.25, 0.3) is 0 Å². The van der Waals surface area contributed by atoms with Gasteiger partial charge in [0, 0.05) is 112 Å². The third kappa shape index (κ3) is 29.4. The van der Waals surface area contributed by atoms with E-state index in [1.54, 1.807) is 60.9 Å². The zero-order valence-electron chi connectivity index (χ0n) is 78.5. The number of carboxylic acid groups (broad SMARTS) is 2. The van der Waals surface area contributed by atoms with Gasteiger partial charge in [0.1, 0.15) is 96.2 Å². The standard InChI is InChI=1S/C95H124FN21O21S/c1-8-10-21-74-88(131)104-52(3)82(125)112-73(84(127)102-47-78(98)119)49-139-50-79(120)105-70(38-55-26-30-61(118)31-27-55)91(134)113(5)53(4)83(126)110-72(43-81(123)124)94(137)116-36-16-23-75(116)89(132)109-69(42-60-46-99-51-103-60)87(130)107-67(32-33-80(121)122)93(136)117-48-56(37-54-24-28-59(96)29-25-54)39-77(117)90(133)108-68(40-57-44-100-64-19-14-12-17-62(57)64)86(129)106-66(34-35-97)85(128)111-71(41-58-45-101-65-20-15-13-18-63(58)65)92(135)115(7)76(22-11-9-2)95(138)114(74)6/h12-15,17-20,24-31,44-46,51-53,56,66-77,100-101,118H,8-11,16,21-23,32-43,47-50,97H2,1-7H3,(H2,98,119)(H,99,103)(H,102,127)(H,104,131)(H,105,120)(H,106,129)(H,107,130)(H,108,133)(H,109,132)(H,110,126)(H,111,128)(H,112,125)(H,121,122)(H,123,124)/t52-,53-,56+,66-,67-,68-,69-,70-,71-,72-,73-,74-,75-,76-,77-/m0/s1. The highest BCUT2D eigenvalue weighted by molar-refractivity contribution is 8.00. The van der Waals surface area contributed by atoms with Gasteiger partial charge in [-0.1, -0.05) is 100 Å². The van der Waals surface area contributed by atoms with E-state index in [9.17, 15) is 72.4 Å². The number of unbranched alkanes of at least 4 members (excludes halogenated alkanes) is 2. The molecule has 42 nitrogen and oxygen atoms in total. The molecular formula is C95H124FN21O21S. The van der Waals surface area contributed by atoms with E-state index in [4.69, 9.17) is 11.5 Å². The smallest absolute Gasteiger partial charge is 0.305 e.